The monoisotopic (exact) mass is 161 g/mol. The van der Waals surface area contributed by atoms with Gasteiger partial charge in [-0.15, -0.1) is 0 Å². The first-order valence-electron chi connectivity index (χ1n) is 2.90. The van der Waals surface area contributed by atoms with Gasteiger partial charge in [-0.05, 0) is 0 Å². The third-order valence-corrected chi connectivity index (χ3v) is 4.24. The van der Waals surface area contributed by atoms with Crippen molar-refractivity contribution in [1.29, 1.82) is 0 Å². The maximum absolute atomic E-state index is 2.50. The van der Waals surface area contributed by atoms with Gasteiger partial charge in [0.15, 0.2) is 0 Å². The van der Waals surface area contributed by atoms with Gasteiger partial charge in [0, 0.05) is 0 Å². The third kappa shape index (κ3) is 6.54. The molecule has 1 radical (unpaired) electrons. The average molecular weight is 160 g/mol. The first kappa shape index (κ1) is 7.54. The molecule has 0 aromatic rings. The van der Waals surface area contributed by atoms with Gasteiger partial charge < -0.3 is 0 Å². The molecule has 0 rings (SSSR count). The molecule has 0 atom stereocenters. The second-order valence-corrected chi connectivity index (χ2v) is 13.8. The van der Waals surface area contributed by atoms with Crippen molar-refractivity contribution in [3.8, 4) is 0 Å². The molecular weight excluding hydrogens is 145 g/mol. The first-order chi connectivity index (χ1) is 3.06. The van der Waals surface area contributed by atoms with Gasteiger partial charge in [0.2, 0.25) is 0 Å². The summed E-state index contributed by atoms with van der Waals surface area (Å²) in [6.07, 6.45) is 1.27. The zero-order chi connectivity index (χ0) is 5.91. The van der Waals surface area contributed by atoms with E-state index in [9.17, 15) is 0 Å². The molecule has 0 aliphatic carbocycles. The van der Waals surface area contributed by atoms with E-state index < -0.39 is 13.3 Å². The third-order valence-electron chi connectivity index (χ3n) is 0.816. The Bertz CT molecular complexity index is 42.6. The summed E-state index contributed by atoms with van der Waals surface area (Å²) in [5.41, 5.74) is 0. The fourth-order valence-electron chi connectivity index (χ4n) is 0.612. The molecule has 7 heavy (non-hydrogen) atoms. The molecule has 1 heteroatoms. The van der Waals surface area contributed by atoms with E-state index in [4.69, 9.17) is 0 Å². The molecular formula is C6H15Ge. The fraction of sp³-hybridized carbons (Fsp3) is 0.833. The molecule has 0 saturated carbocycles. The van der Waals surface area contributed by atoms with Crippen molar-refractivity contribution in [3.63, 3.8) is 0 Å². The van der Waals surface area contributed by atoms with Crippen LogP contribution in [-0.2, 0) is 0 Å². The van der Waals surface area contributed by atoms with Gasteiger partial charge in [0.1, 0.15) is 0 Å². The molecule has 0 aliphatic rings. The van der Waals surface area contributed by atoms with Crippen LogP contribution in [0.1, 0.15) is 13.3 Å². The van der Waals surface area contributed by atoms with Crippen molar-refractivity contribution in [2.45, 2.75) is 30.6 Å². The van der Waals surface area contributed by atoms with Crippen molar-refractivity contribution in [1.82, 2.24) is 0 Å². The van der Waals surface area contributed by atoms with Crippen LogP contribution in [-0.4, -0.2) is 13.3 Å². The van der Waals surface area contributed by atoms with Gasteiger partial charge in [-0.2, -0.15) is 0 Å². The summed E-state index contributed by atoms with van der Waals surface area (Å²) in [4.78, 5) is 0. The Morgan fingerprint density at radius 3 is 1.71 bits per heavy atom. The molecule has 0 spiro atoms. The Kier molecular flexibility index (Phi) is 2.97. The van der Waals surface area contributed by atoms with E-state index in [1.54, 1.807) is 0 Å². The predicted molar refractivity (Wildman–Crippen MR) is 37.9 cm³/mol. The molecule has 0 aliphatic heterocycles. The Balaban J connectivity index is 3.15. The Morgan fingerprint density at radius 1 is 1.29 bits per heavy atom. The van der Waals surface area contributed by atoms with Crippen molar-refractivity contribution in [3.05, 3.63) is 5.25 Å². The Hall–Kier alpha value is 0.543. The molecule has 0 aromatic carbocycles. The second-order valence-electron chi connectivity index (χ2n) is 2.98. The number of hydrogen-bond acceptors (Lipinski definition) is 0. The predicted octanol–water partition coefficient (Wildman–Crippen LogP) is 2.48. The Morgan fingerprint density at radius 2 is 1.71 bits per heavy atom. The van der Waals surface area contributed by atoms with Gasteiger partial charge in [-0.25, -0.2) is 0 Å². The molecule has 0 fully saturated rings. The molecule has 0 nitrogen and oxygen atoms in total. The van der Waals surface area contributed by atoms with Crippen LogP contribution in [0.5, 0.6) is 0 Å². The van der Waals surface area contributed by atoms with Crippen molar-refractivity contribution < 1.29 is 0 Å². The van der Waals surface area contributed by atoms with Gasteiger partial charge in [-0.3, -0.25) is 0 Å². The van der Waals surface area contributed by atoms with E-state index >= 15 is 0 Å². The number of rotatable bonds is 2. The van der Waals surface area contributed by atoms with E-state index in [1.165, 1.54) is 6.42 Å². The molecule has 43 valence electrons. The topological polar surface area (TPSA) is 0 Å². The van der Waals surface area contributed by atoms with Crippen LogP contribution >= 0.6 is 0 Å². The minimum absolute atomic E-state index is 1.20. The van der Waals surface area contributed by atoms with Crippen molar-refractivity contribution in [2.24, 2.45) is 0 Å². The quantitative estimate of drug-likeness (QED) is 0.544. The van der Waals surface area contributed by atoms with Gasteiger partial charge in [0.05, 0.1) is 0 Å². The van der Waals surface area contributed by atoms with Crippen LogP contribution in [0.3, 0.4) is 0 Å². The molecule has 0 N–H and O–H groups in total. The molecule has 0 bridgehead atoms. The summed E-state index contributed by atoms with van der Waals surface area (Å²) in [6.45, 7) is 2.22. The SMILES string of the molecule is CC[CH][Ge]([CH3])([CH3])[CH3]. The van der Waals surface area contributed by atoms with Gasteiger partial charge in [-0.1, -0.05) is 0 Å². The zero-order valence-corrected chi connectivity index (χ0v) is 7.88. The van der Waals surface area contributed by atoms with Crippen molar-refractivity contribution in [2.75, 3.05) is 0 Å². The Labute approximate surface area is 49.7 Å². The summed E-state index contributed by atoms with van der Waals surface area (Å²) in [7, 11) is 0. The summed E-state index contributed by atoms with van der Waals surface area (Å²) < 4.78 is 0. The molecule has 0 aromatic heterocycles. The first-order valence-corrected chi connectivity index (χ1v) is 10.4. The molecule has 0 amide bonds. The molecule has 0 heterocycles. The van der Waals surface area contributed by atoms with Crippen LogP contribution in [0.15, 0.2) is 0 Å². The van der Waals surface area contributed by atoms with Crippen LogP contribution in [0.4, 0.5) is 0 Å². The fourth-order valence-corrected chi connectivity index (χ4v) is 3.18. The standard InChI is InChI=1S/C6H15Ge/c1-5-6-7(2,3)4/h6H,5H2,1-4H3. The van der Waals surface area contributed by atoms with Crippen LogP contribution in [0.25, 0.3) is 0 Å². The summed E-state index contributed by atoms with van der Waals surface area (Å²) in [6, 6.07) is 0. The summed E-state index contributed by atoms with van der Waals surface area (Å²) in [5.74, 6) is 7.22. The molecule has 0 unspecified atom stereocenters. The van der Waals surface area contributed by atoms with E-state index in [-0.39, 0.29) is 0 Å². The van der Waals surface area contributed by atoms with Crippen LogP contribution in [0.2, 0.25) is 17.3 Å². The maximum atomic E-state index is 2.50. The van der Waals surface area contributed by atoms with Gasteiger partial charge in [0.25, 0.3) is 0 Å². The van der Waals surface area contributed by atoms with Gasteiger partial charge >= 0.3 is 49.1 Å². The summed E-state index contributed by atoms with van der Waals surface area (Å²) in [5, 5.41) is 2.50. The van der Waals surface area contributed by atoms with Crippen molar-refractivity contribution >= 4 is 13.3 Å². The zero-order valence-electron chi connectivity index (χ0n) is 5.78. The normalized spacial score (nSPS) is 12.0. The van der Waals surface area contributed by atoms with E-state index in [0.717, 1.165) is 0 Å². The summed E-state index contributed by atoms with van der Waals surface area (Å²) >= 11 is -1.20. The molecule has 0 saturated heterocycles. The number of hydrogen-bond donors (Lipinski definition) is 0. The van der Waals surface area contributed by atoms with Crippen LogP contribution < -0.4 is 0 Å². The minimum atomic E-state index is -1.20. The van der Waals surface area contributed by atoms with Crippen LogP contribution in [0, 0.1) is 5.25 Å². The second kappa shape index (κ2) is 2.75. The van der Waals surface area contributed by atoms with E-state index in [2.05, 4.69) is 29.4 Å². The van der Waals surface area contributed by atoms with E-state index in [1.807, 2.05) is 0 Å². The average Bonchev–Trinajstić information content (AvgIpc) is 1.30. The van der Waals surface area contributed by atoms with E-state index in [0.29, 0.717) is 0 Å².